The Morgan fingerprint density at radius 3 is 2.12 bits per heavy atom. The topological polar surface area (TPSA) is 62.5 Å². The molecule has 0 unspecified atom stereocenters. The Hall–Kier alpha value is -3.09. The fourth-order valence-electron chi connectivity index (χ4n) is 7.13. The summed E-state index contributed by atoms with van der Waals surface area (Å²) in [4.78, 5) is 2.51. The molecular weight excluding hydrogens is 516 g/mol. The Labute approximate surface area is 238 Å². The van der Waals surface area contributed by atoms with E-state index in [9.17, 15) is 13.5 Å². The molecule has 1 N–H and O–H groups in total. The summed E-state index contributed by atoms with van der Waals surface area (Å²) >= 11 is 0. The summed E-state index contributed by atoms with van der Waals surface area (Å²) in [6, 6.07) is 24.6. The van der Waals surface area contributed by atoms with E-state index in [1.807, 2.05) is 54.6 Å². The number of aromatic nitrogens is 1. The maximum atomic E-state index is 14.2. The molecule has 1 aliphatic carbocycles. The first kappa shape index (κ1) is 27.1. The number of nitrogens with zero attached hydrogens (tertiary/aromatic N) is 2. The molecule has 1 aromatic heterocycles. The molecule has 4 aromatic rings. The Morgan fingerprint density at radius 1 is 0.850 bits per heavy atom. The molecule has 6 rings (SSSR count). The molecule has 1 aliphatic heterocycles. The van der Waals surface area contributed by atoms with Crippen LogP contribution in [0.1, 0.15) is 69.0 Å². The zero-order chi connectivity index (χ0) is 27.7. The quantitative estimate of drug-likeness (QED) is 0.208. The average Bonchev–Trinajstić information content (AvgIpc) is 3.48. The average molecular weight is 557 g/mol. The molecule has 1 saturated heterocycles. The number of benzene rings is 3. The van der Waals surface area contributed by atoms with E-state index in [4.69, 9.17) is 0 Å². The molecule has 40 heavy (non-hydrogen) atoms. The van der Waals surface area contributed by atoms with Gasteiger partial charge in [0.05, 0.1) is 5.75 Å². The van der Waals surface area contributed by atoms with Crippen LogP contribution in [0, 0.1) is 0 Å². The summed E-state index contributed by atoms with van der Waals surface area (Å²) in [6.45, 7) is 5.01. The number of sulfone groups is 1. The predicted octanol–water partition coefficient (Wildman–Crippen LogP) is 7.29. The van der Waals surface area contributed by atoms with Crippen molar-refractivity contribution in [3.8, 4) is 17.0 Å². The lowest BCUT2D eigenvalue weighted by atomic mass is 9.90. The minimum atomic E-state index is -3.41. The molecule has 0 saturated carbocycles. The van der Waals surface area contributed by atoms with E-state index >= 15 is 0 Å². The Bertz CT molecular complexity index is 1550. The number of aromatic hydroxyl groups is 1. The maximum Gasteiger partial charge on any atom is 0.199 e. The van der Waals surface area contributed by atoms with E-state index in [1.165, 1.54) is 0 Å². The van der Waals surface area contributed by atoms with Crippen molar-refractivity contribution in [3.05, 3.63) is 90.1 Å². The van der Waals surface area contributed by atoms with Crippen molar-refractivity contribution in [2.75, 3.05) is 25.4 Å². The van der Waals surface area contributed by atoms with Crippen molar-refractivity contribution >= 4 is 20.6 Å². The summed E-state index contributed by atoms with van der Waals surface area (Å²) in [7, 11) is -3.41. The van der Waals surface area contributed by atoms with Crippen LogP contribution < -0.4 is 0 Å². The van der Waals surface area contributed by atoms with Gasteiger partial charge in [0.1, 0.15) is 4.75 Å². The molecule has 3 aromatic carbocycles. The highest BCUT2D eigenvalue weighted by molar-refractivity contribution is 7.92. The monoisotopic (exact) mass is 556 g/mol. The van der Waals surface area contributed by atoms with Gasteiger partial charge in [0.2, 0.25) is 0 Å². The summed E-state index contributed by atoms with van der Waals surface area (Å²) in [5, 5.41) is 12.8. The Balaban J connectivity index is 1.14. The van der Waals surface area contributed by atoms with Crippen LogP contribution in [-0.2, 0) is 14.6 Å². The highest BCUT2D eigenvalue weighted by Crippen LogP contribution is 2.54. The van der Waals surface area contributed by atoms with Gasteiger partial charge < -0.3 is 14.6 Å². The highest BCUT2D eigenvalue weighted by Gasteiger charge is 2.51. The minimum Gasteiger partial charge on any atom is -0.494 e. The number of hydrogen-bond donors (Lipinski definition) is 1. The van der Waals surface area contributed by atoms with Crippen LogP contribution in [-0.4, -0.2) is 48.4 Å². The smallest absolute Gasteiger partial charge is 0.199 e. The van der Waals surface area contributed by atoms with Crippen LogP contribution in [0.5, 0.6) is 5.88 Å². The molecule has 0 bridgehead atoms. The third-order valence-corrected chi connectivity index (χ3v) is 11.8. The summed E-state index contributed by atoms with van der Waals surface area (Å²) in [6.07, 6.45) is 8.10. The van der Waals surface area contributed by atoms with E-state index in [1.54, 1.807) is 0 Å². The van der Waals surface area contributed by atoms with E-state index in [0.29, 0.717) is 24.8 Å². The van der Waals surface area contributed by atoms with Gasteiger partial charge in [-0.1, -0.05) is 80.1 Å². The Kier molecular flexibility index (Phi) is 7.49. The second-order valence-electron chi connectivity index (χ2n) is 11.6. The van der Waals surface area contributed by atoms with Crippen molar-refractivity contribution < 1.29 is 13.5 Å². The SMILES string of the molecule is CCCCS(=O)(=O)C1(CCCCN2CCC(n3cc4ccccc4c3O)CC2)c2ccccc2-c2ccccc21. The van der Waals surface area contributed by atoms with Gasteiger partial charge in [-0.3, -0.25) is 0 Å². The third kappa shape index (κ3) is 4.55. The second kappa shape index (κ2) is 11.1. The minimum absolute atomic E-state index is 0.223. The molecule has 0 spiro atoms. The Morgan fingerprint density at radius 2 is 1.48 bits per heavy atom. The number of piperidine rings is 1. The molecule has 2 aliphatic rings. The fourth-order valence-corrected chi connectivity index (χ4v) is 9.62. The van der Waals surface area contributed by atoms with Crippen molar-refractivity contribution in [2.24, 2.45) is 0 Å². The molecule has 0 radical (unpaired) electrons. The van der Waals surface area contributed by atoms with E-state index in [-0.39, 0.29) is 5.75 Å². The predicted molar refractivity (Wildman–Crippen MR) is 164 cm³/mol. The van der Waals surface area contributed by atoms with Gasteiger partial charge in [-0.2, -0.15) is 0 Å². The normalized spacial score (nSPS) is 17.2. The zero-order valence-electron chi connectivity index (χ0n) is 23.4. The van der Waals surface area contributed by atoms with Crippen molar-refractivity contribution in [1.29, 1.82) is 0 Å². The first-order chi connectivity index (χ1) is 19.5. The van der Waals surface area contributed by atoms with Gasteiger partial charge in [-0.05, 0) is 73.4 Å². The molecular formula is C34H40N2O3S. The van der Waals surface area contributed by atoms with Gasteiger partial charge in [0.15, 0.2) is 15.7 Å². The molecule has 6 heteroatoms. The van der Waals surface area contributed by atoms with Gasteiger partial charge in [-0.25, -0.2) is 8.42 Å². The number of likely N-dealkylation sites (tertiary alicyclic amines) is 1. The van der Waals surface area contributed by atoms with Crippen LogP contribution in [0.4, 0.5) is 0 Å². The summed E-state index contributed by atoms with van der Waals surface area (Å²) in [5.41, 5.74) is 4.07. The summed E-state index contributed by atoms with van der Waals surface area (Å²) in [5.74, 6) is 0.599. The van der Waals surface area contributed by atoms with Crippen molar-refractivity contribution in [1.82, 2.24) is 9.47 Å². The second-order valence-corrected chi connectivity index (χ2v) is 13.9. The van der Waals surface area contributed by atoms with Crippen LogP contribution in [0.25, 0.3) is 21.9 Å². The van der Waals surface area contributed by atoms with E-state index in [0.717, 1.165) is 84.8 Å². The lowest BCUT2D eigenvalue weighted by molar-refractivity contribution is 0.178. The van der Waals surface area contributed by atoms with Crippen LogP contribution in [0.3, 0.4) is 0 Å². The zero-order valence-corrected chi connectivity index (χ0v) is 24.2. The highest BCUT2D eigenvalue weighted by atomic mass is 32.2. The molecule has 1 fully saturated rings. The standard InChI is InChI=1S/C34H40N2O3S/c1-2-3-24-40(38,39)34(31-16-8-6-14-29(31)30-15-7-9-17-32(30)34)20-10-11-21-35-22-18-27(19-23-35)36-25-26-12-4-5-13-28(26)33(36)37/h4-9,12-17,25,27,37H,2-3,10-11,18-24H2,1H3. The first-order valence-corrected chi connectivity index (χ1v) is 16.5. The lowest BCUT2D eigenvalue weighted by Gasteiger charge is -2.34. The van der Waals surface area contributed by atoms with Gasteiger partial charge >= 0.3 is 0 Å². The lowest BCUT2D eigenvalue weighted by Crippen LogP contribution is -2.38. The molecule has 0 amide bonds. The van der Waals surface area contributed by atoms with Crippen molar-refractivity contribution in [2.45, 2.75) is 62.7 Å². The summed E-state index contributed by atoms with van der Waals surface area (Å²) < 4.78 is 29.4. The van der Waals surface area contributed by atoms with Crippen LogP contribution in [0.15, 0.2) is 79.0 Å². The van der Waals surface area contributed by atoms with E-state index in [2.05, 4.69) is 40.8 Å². The van der Waals surface area contributed by atoms with Gasteiger partial charge in [-0.15, -0.1) is 0 Å². The molecule has 210 valence electrons. The number of rotatable bonds is 10. The van der Waals surface area contributed by atoms with Crippen LogP contribution in [0.2, 0.25) is 0 Å². The largest absolute Gasteiger partial charge is 0.494 e. The van der Waals surface area contributed by atoms with Crippen LogP contribution >= 0.6 is 0 Å². The van der Waals surface area contributed by atoms with E-state index < -0.39 is 14.6 Å². The maximum absolute atomic E-state index is 14.2. The number of fused-ring (bicyclic) bond motifs is 4. The molecule has 2 heterocycles. The van der Waals surface area contributed by atoms with Gasteiger partial charge in [0, 0.05) is 36.1 Å². The first-order valence-electron chi connectivity index (χ1n) is 14.9. The number of unbranched alkanes of at least 4 members (excludes halogenated alkanes) is 2. The number of hydrogen-bond acceptors (Lipinski definition) is 4. The third-order valence-electron chi connectivity index (χ3n) is 9.24. The van der Waals surface area contributed by atoms with Crippen molar-refractivity contribution in [3.63, 3.8) is 0 Å². The molecule has 0 atom stereocenters. The molecule has 5 nitrogen and oxygen atoms in total. The van der Waals surface area contributed by atoms with Gasteiger partial charge in [0.25, 0.3) is 0 Å². The fraction of sp³-hybridized carbons (Fsp3) is 0.412.